The number of amides is 1. The number of carboxylic acid groups (broad SMARTS) is 1. The first-order valence-corrected chi connectivity index (χ1v) is 13.0. The van der Waals surface area contributed by atoms with Gasteiger partial charge in [0, 0.05) is 12.8 Å². The van der Waals surface area contributed by atoms with Gasteiger partial charge in [-0.25, -0.2) is 4.79 Å². The smallest absolute Gasteiger partial charge is 0.326 e. The summed E-state index contributed by atoms with van der Waals surface area (Å²) in [6, 6.07) is -0.641. The van der Waals surface area contributed by atoms with E-state index in [2.05, 4.69) is 24.4 Å². The maximum atomic E-state index is 11.4. The lowest BCUT2D eigenvalue weighted by Crippen LogP contribution is -2.32. The van der Waals surface area contributed by atoms with E-state index in [1.54, 1.807) is 0 Å². The number of ether oxygens (including phenoxy) is 1. The van der Waals surface area contributed by atoms with Crippen LogP contribution >= 0.6 is 0 Å². The molecule has 198 valence electrons. The van der Waals surface area contributed by atoms with Gasteiger partial charge in [-0.15, -0.1) is 0 Å². The molecule has 1 rings (SSSR count). The summed E-state index contributed by atoms with van der Waals surface area (Å²) in [5, 5.41) is 28.3. The Morgan fingerprint density at radius 2 is 1.56 bits per heavy atom. The molecule has 2 atom stereocenters. The maximum absolute atomic E-state index is 11.4. The third-order valence-electron chi connectivity index (χ3n) is 5.58. The second kappa shape index (κ2) is 22.8. The molecule has 0 spiro atoms. The van der Waals surface area contributed by atoms with E-state index in [9.17, 15) is 14.4 Å². The summed E-state index contributed by atoms with van der Waals surface area (Å²) in [4.78, 5) is 31.9. The number of aliphatic hydroxyl groups is 2. The molecule has 1 aliphatic heterocycles. The van der Waals surface area contributed by atoms with Gasteiger partial charge in [-0.3, -0.25) is 9.59 Å². The highest BCUT2D eigenvalue weighted by Crippen LogP contribution is 2.10. The van der Waals surface area contributed by atoms with Crippen molar-refractivity contribution in [2.75, 3.05) is 13.2 Å². The Hall–Kier alpha value is -1.93. The minimum Gasteiger partial charge on any atom is -0.480 e. The third kappa shape index (κ3) is 20.7. The number of allylic oxidation sites excluding steroid dienone is 2. The fraction of sp³-hybridized carbons (Fsp3) is 0.808. The number of aliphatic carboxylic acids is 1. The largest absolute Gasteiger partial charge is 0.480 e. The van der Waals surface area contributed by atoms with Crippen LogP contribution < -0.4 is 5.32 Å². The number of carbonyl (C=O) groups excluding carboxylic acids is 2. The molecule has 1 fully saturated rings. The van der Waals surface area contributed by atoms with Crippen LogP contribution in [0.5, 0.6) is 0 Å². The molecule has 8 heteroatoms. The van der Waals surface area contributed by atoms with Crippen LogP contribution in [-0.2, 0) is 19.1 Å². The zero-order valence-corrected chi connectivity index (χ0v) is 21.0. The van der Waals surface area contributed by atoms with Gasteiger partial charge in [-0.05, 0) is 38.5 Å². The van der Waals surface area contributed by atoms with Gasteiger partial charge in [0.1, 0.15) is 18.8 Å². The van der Waals surface area contributed by atoms with Crippen LogP contribution in [0.15, 0.2) is 12.2 Å². The summed E-state index contributed by atoms with van der Waals surface area (Å²) in [6.07, 6.45) is 20.9. The van der Waals surface area contributed by atoms with Crippen molar-refractivity contribution in [2.24, 2.45) is 0 Å². The molecular weight excluding hydrogens is 438 g/mol. The number of nitrogens with one attached hydrogen (secondary N) is 1. The lowest BCUT2D eigenvalue weighted by atomic mass is 10.1. The van der Waals surface area contributed by atoms with Crippen LogP contribution in [-0.4, -0.2) is 58.5 Å². The van der Waals surface area contributed by atoms with E-state index in [0.29, 0.717) is 19.3 Å². The van der Waals surface area contributed by atoms with Crippen molar-refractivity contribution >= 4 is 17.8 Å². The highest BCUT2D eigenvalue weighted by molar-refractivity contribution is 5.87. The normalized spacial score (nSPS) is 16.1. The van der Waals surface area contributed by atoms with Gasteiger partial charge in [-0.1, -0.05) is 70.4 Å². The number of rotatable bonds is 19. The summed E-state index contributed by atoms with van der Waals surface area (Å²) in [7, 11) is 0. The Labute approximate surface area is 205 Å². The summed E-state index contributed by atoms with van der Waals surface area (Å²) < 4.78 is 4.86. The molecular formula is C26H47NO7. The number of aliphatic hydroxyl groups excluding tert-OH is 2. The number of esters is 1. The zero-order valence-electron chi connectivity index (χ0n) is 21.0. The molecule has 2 unspecified atom stereocenters. The molecule has 0 radical (unpaired) electrons. The Balaban J connectivity index is 0.000000999. The van der Waals surface area contributed by atoms with E-state index < -0.39 is 18.1 Å². The fourth-order valence-corrected chi connectivity index (χ4v) is 3.45. The number of hydrogen-bond acceptors (Lipinski definition) is 6. The summed E-state index contributed by atoms with van der Waals surface area (Å²) in [6.45, 7) is 1.77. The number of carboxylic acids is 1. The van der Waals surface area contributed by atoms with Crippen LogP contribution in [0.1, 0.15) is 110 Å². The second-order valence-electron chi connectivity index (χ2n) is 8.85. The van der Waals surface area contributed by atoms with Gasteiger partial charge in [0.2, 0.25) is 5.91 Å². The van der Waals surface area contributed by atoms with Crippen molar-refractivity contribution in [3.8, 4) is 0 Å². The molecule has 1 heterocycles. The van der Waals surface area contributed by atoms with Crippen LogP contribution in [0.2, 0.25) is 0 Å². The highest BCUT2D eigenvalue weighted by atomic mass is 16.5. The number of hydrogen-bond donors (Lipinski definition) is 4. The van der Waals surface area contributed by atoms with Crippen LogP contribution in [0, 0.1) is 0 Å². The Bertz CT molecular complexity index is 565. The Kier molecular flexibility index (Phi) is 21.5. The van der Waals surface area contributed by atoms with Crippen molar-refractivity contribution in [1.29, 1.82) is 0 Å². The second-order valence-corrected chi connectivity index (χ2v) is 8.85. The molecule has 0 aromatic rings. The molecule has 1 amide bonds. The molecule has 8 nitrogen and oxygen atoms in total. The standard InChI is InChI=1S/C21H40O4.C5H7NO3/c1-2-3-4-5-6-7-8-9-10-11-12-13-14-15-16-17-21(24)25-19-20(23)18-22;7-4-2-1-3(6-4)5(8)9/h9-10,20,22-23H,2-8,11-19H2,1H3;3H,1-2H2,(H,6,7)(H,8,9). The first-order valence-electron chi connectivity index (χ1n) is 13.0. The van der Waals surface area contributed by atoms with Crippen molar-refractivity contribution < 1.29 is 34.4 Å². The van der Waals surface area contributed by atoms with Crippen LogP contribution in [0.3, 0.4) is 0 Å². The predicted molar refractivity (Wildman–Crippen MR) is 132 cm³/mol. The topological polar surface area (TPSA) is 133 Å². The van der Waals surface area contributed by atoms with E-state index in [-0.39, 0.29) is 25.1 Å². The zero-order chi connectivity index (χ0) is 25.4. The van der Waals surface area contributed by atoms with E-state index in [1.165, 1.54) is 57.8 Å². The van der Waals surface area contributed by atoms with Gasteiger partial charge < -0.3 is 25.4 Å². The van der Waals surface area contributed by atoms with Gasteiger partial charge in [0.05, 0.1) is 6.61 Å². The minimum atomic E-state index is -0.960. The van der Waals surface area contributed by atoms with Crippen molar-refractivity contribution in [3.05, 3.63) is 12.2 Å². The summed E-state index contributed by atoms with van der Waals surface area (Å²) in [5.41, 5.74) is 0. The SMILES string of the molecule is CCCCCCCCC=CCCCCCCCC(=O)OCC(O)CO.O=C1CCC(C(=O)O)N1. The lowest BCUT2D eigenvalue weighted by molar-refractivity contribution is -0.147. The monoisotopic (exact) mass is 485 g/mol. The van der Waals surface area contributed by atoms with E-state index in [1.807, 2.05) is 0 Å². The average molecular weight is 486 g/mol. The molecule has 0 saturated carbocycles. The van der Waals surface area contributed by atoms with Crippen LogP contribution in [0.25, 0.3) is 0 Å². The molecule has 4 N–H and O–H groups in total. The molecule has 0 bridgehead atoms. The minimum absolute atomic E-state index is 0.111. The predicted octanol–water partition coefficient (Wildman–Crippen LogP) is 4.27. The van der Waals surface area contributed by atoms with E-state index in [4.69, 9.17) is 20.1 Å². The van der Waals surface area contributed by atoms with Crippen molar-refractivity contribution in [3.63, 3.8) is 0 Å². The Morgan fingerprint density at radius 1 is 1.00 bits per heavy atom. The first kappa shape index (κ1) is 32.1. The summed E-state index contributed by atoms with van der Waals surface area (Å²) >= 11 is 0. The molecule has 34 heavy (non-hydrogen) atoms. The average Bonchev–Trinajstić information content (AvgIpc) is 3.27. The van der Waals surface area contributed by atoms with Crippen molar-refractivity contribution in [2.45, 2.75) is 122 Å². The van der Waals surface area contributed by atoms with Gasteiger partial charge in [0.15, 0.2) is 0 Å². The van der Waals surface area contributed by atoms with Gasteiger partial charge in [-0.2, -0.15) is 0 Å². The van der Waals surface area contributed by atoms with E-state index in [0.717, 1.165) is 25.7 Å². The summed E-state index contributed by atoms with van der Waals surface area (Å²) in [5.74, 6) is -1.40. The molecule has 1 aliphatic rings. The molecule has 0 aromatic carbocycles. The number of unbranched alkanes of at least 4 members (excludes halogenated alkanes) is 11. The van der Waals surface area contributed by atoms with Gasteiger partial charge >= 0.3 is 11.9 Å². The molecule has 0 aliphatic carbocycles. The number of carbonyl (C=O) groups is 3. The highest BCUT2D eigenvalue weighted by Gasteiger charge is 2.26. The first-order chi connectivity index (χ1) is 16.4. The molecule has 1 saturated heterocycles. The van der Waals surface area contributed by atoms with Crippen LogP contribution in [0.4, 0.5) is 0 Å². The fourth-order valence-electron chi connectivity index (χ4n) is 3.45. The van der Waals surface area contributed by atoms with Crippen molar-refractivity contribution in [1.82, 2.24) is 5.32 Å². The Morgan fingerprint density at radius 3 is 2.03 bits per heavy atom. The quantitative estimate of drug-likeness (QED) is 0.122. The third-order valence-corrected chi connectivity index (χ3v) is 5.58. The van der Waals surface area contributed by atoms with E-state index >= 15 is 0 Å². The lowest BCUT2D eigenvalue weighted by Gasteiger charge is -2.08. The maximum Gasteiger partial charge on any atom is 0.326 e. The van der Waals surface area contributed by atoms with Gasteiger partial charge in [0.25, 0.3) is 0 Å². The molecule has 0 aromatic heterocycles.